The van der Waals surface area contributed by atoms with E-state index in [9.17, 15) is 0 Å². The summed E-state index contributed by atoms with van der Waals surface area (Å²) in [7, 11) is 0. The molecule has 0 aromatic carbocycles. The lowest BCUT2D eigenvalue weighted by Gasteiger charge is -2.45. The van der Waals surface area contributed by atoms with Crippen LogP contribution in [0.1, 0.15) is 18.4 Å². The molecule has 1 spiro atoms. The van der Waals surface area contributed by atoms with Gasteiger partial charge in [-0.15, -0.1) is 0 Å². The monoisotopic (exact) mass is 247 g/mol. The number of pyridine rings is 1. The number of ether oxygens (including phenoxy) is 1. The normalized spacial score (nSPS) is 29.6. The van der Waals surface area contributed by atoms with E-state index in [0.29, 0.717) is 0 Å². The molecular weight excluding hydrogens is 226 g/mol. The third-order valence-electron chi connectivity index (χ3n) is 3.89. The second-order valence-corrected chi connectivity index (χ2v) is 5.38. The Kier molecular flexibility index (Phi) is 3.59. The van der Waals surface area contributed by atoms with Crippen molar-refractivity contribution in [1.29, 1.82) is 0 Å². The Hall–Kier alpha value is -0.970. The van der Waals surface area contributed by atoms with Crippen molar-refractivity contribution in [3.05, 3.63) is 30.1 Å². The summed E-state index contributed by atoms with van der Waals surface area (Å²) in [5, 5.41) is 3.47. The number of hydrogen-bond donors (Lipinski definition) is 1. The van der Waals surface area contributed by atoms with Crippen LogP contribution in [0.5, 0.6) is 0 Å². The van der Waals surface area contributed by atoms with Gasteiger partial charge in [-0.1, -0.05) is 6.07 Å². The second kappa shape index (κ2) is 5.34. The molecule has 0 bridgehead atoms. The van der Waals surface area contributed by atoms with Crippen molar-refractivity contribution in [1.82, 2.24) is 15.2 Å². The predicted octanol–water partition coefficient (Wildman–Crippen LogP) is 1.04. The third-order valence-corrected chi connectivity index (χ3v) is 3.89. The first-order valence-electron chi connectivity index (χ1n) is 6.82. The molecule has 1 aromatic heterocycles. The highest BCUT2D eigenvalue weighted by Gasteiger charge is 2.37. The number of rotatable bonds is 2. The summed E-state index contributed by atoms with van der Waals surface area (Å²) in [4.78, 5) is 6.68. The summed E-state index contributed by atoms with van der Waals surface area (Å²) in [6, 6.07) is 4.15. The summed E-state index contributed by atoms with van der Waals surface area (Å²) in [6.45, 7) is 6.02. The van der Waals surface area contributed by atoms with Crippen molar-refractivity contribution in [2.45, 2.75) is 25.0 Å². The van der Waals surface area contributed by atoms with Crippen LogP contribution in [0, 0.1) is 0 Å². The van der Waals surface area contributed by atoms with E-state index in [4.69, 9.17) is 4.74 Å². The minimum absolute atomic E-state index is 0.0543. The molecule has 1 N–H and O–H groups in total. The van der Waals surface area contributed by atoms with Crippen LogP contribution in [0.2, 0.25) is 0 Å². The molecule has 4 nitrogen and oxygen atoms in total. The highest BCUT2D eigenvalue weighted by atomic mass is 16.5. The van der Waals surface area contributed by atoms with Gasteiger partial charge in [-0.3, -0.25) is 9.88 Å². The van der Waals surface area contributed by atoms with Crippen molar-refractivity contribution < 1.29 is 4.74 Å². The smallest absolute Gasteiger partial charge is 0.0933 e. The van der Waals surface area contributed by atoms with Gasteiger partial charge in [-0.25, -0.2) is 0 Å². The maximum absolute atomic E-state index is 6.05. The van der Waals surface area contributed by atoms with Crippen molar-refractivity contribution in [3.63, 3.8) is 0 Å². The molecule has 3 rings (SSSR count). The van der Waals surface area contributed by atoms with E-state index in [1.165, 1.54) is 18.4 Å². The van der Waals surface area contributed by atoms with E-state index in [1.807, 2.05) is 18.5 Å². The molecule has 4 heteroatoms. The Morgan fingerprint density at radius 2 is 2.50 bits per heavy atom. The van der Waals surface area contributed by atoms with Gasteiger partial charge in [-0.2, -0.15) is 0 Å². The van der Waals surface area contributed by atoms with Crippen LogP contribution in [-0.2, 0) is 11.3 Å². The van der Waals surface area contributed by atoms with E-state index in [0.717, 1.165) is 39.3 Å². The van der Waals surface area contributed by atoms with Crippen molar-refractivity contribution in [2.24, 2.45) is 0 Å². The second-order valence-electron chi connectivity index (χ2n) is 5.38. The molecule has 0 aliphatic carbocycles. The first-order valence-corrected chi connectivity index (χ1v) is 6.82. The maximum Gasteiger partial charge on any atom is 0.0933 e. The van der Waals surface area contributed by atoms with Crippen LogP contribution in [0.4, 0.5) is 0 Å². The molecule has 1 aromatic rings. The topological polar surface area (TPSA) is 37.4 Å². The van der Waals surface area contributed by atoms with Gasteiger partial charge >= 0.3 is 0 Å². The number of piperidine rings is 1. The molecule has 2 fully saturated rings. The van der Waals surface area contributed by atoms with Crippen LogP contribution in [-0.4, -0.2) is 48.3 Å². The molecule has 1 atom stereocenters. The number of morpholine rings is 1. The Balaban J connectivity index is 1.63. The minimum Gasteiger partial charge on any atom is -0.371 e. The van der Waals surface area contributed by atoms with Crippen LogP contribution >= 0.6 is 0 Å². The largest absolute Gasteiger partial charge is 0.371 e. The molecule has 0 radical (unpaired) electrons. The SMILES string of the molecule is c1cncc(CN2CCO[C@]3(CCCNC3)C2)c1. The summed E-state index contributed by atoms with van der Waals surface area (Å²) < 4.78 is 6.05. The maximum atomic E-state index is 6.05. The van der Waals surface area contributed by atoms with E-state index >= 15 is 0 Å². The molecule has 0 unspecified atom stereocenters. The Labute approximate surface area is 108 Å². The molecule has 18 heavy (non-hydrogen) atoms. The number of nitrogens with one attached hydrogen (secondary N) is 1. The summed E-state index contributed by atoms with van der Waals surface area (Å²) >= 11 is 0. The molecular formula is C14H21N3O. The van der Waals surface area contributed by atoms with Crippen LogP contribution < -0.4 is 5.32 Å². The van der Waals surface area contributed by atoms with E-state index in [1.54, 1.807) is 0 Å². The van der Waals surface area contributed by atoms with E-state index in [-0.39, 0.29) is 5.60 Å². The van der Waals surface area contributed by atoms with Gasteiger partial charge in [0.1, 0.15) is 0 Å². The Bertz CT molecular complexity index is 370. The zero-order chi connectivity index (χ0) is 12.3. The molecule has 2 aliphatic heterocycles. The van der Waals surface area contributed by atoms with Crippen LogP contribution in [0.3, 0.4) is 0 Å². The van der Waals surface area contributed by atoms with Crippen LogP contribution in [0.15, 0.2) is 24.5 Å². The summed E-state index contributed by atoms with van der Waals surface area (Å²) in [6.07, 6.45) is 6.20. The minimum atomic E-state index is 0.0543. The lowest BCUT2D eigenvalue weighted by Crippen LogP contribution is -2.58. The Morgan fingerprint density at radius 1 is 1.50 bits per heavy atom. The van der Waals surface area contributed by atoms with E-state index in [2.05, 4.69) is 21.3 Å². The molecule has 2 saturated heterocycles. The highest BCUT2D eigenvalue weighted by molar-refractivity contribution is 5.08. The highest BCUT2D eigenvalue weighted by Crippen LogP contribution is 2.26. The molecule has 3 heterocycles. The standard InChI is InChI=1S/C14H21N3O/c1-3-13(9-15-5-1)10-17-7-8-18-14(12-17)4-2-6-16-11-14/h1,3,5,9,16H,2,4,6-8,10-12H2/t14-/m0/s1. The molecule has 0 amide bonds. The summed E-state index contributed by atoms with van der Waals surface area (Å²) in [5.41, 5.74) is 1.34. The van der Waals surface area contributed by atoms with E-state index < -0.39 is 0 Å². The van der Waals surface area contributed by atoms with Gasteiger partial charge in [0.05, 0.1) is 12.2 Å². The molecule has 2 aliphatic rings. The predicted molar refractivity (Wildman–Crippen MR) is 70.3 cm³/mol. The number of hydrogen-bond acceptors (Lipinski definition) is 4. The van der Waals surface area contributed by atoms with Gasteiger partial charge in [0.2, 0.25) is 0 Å². The third kappa shape index (κ3) is 2.71. The van der Waals surface area contributed by atoms with Crippen LogP contribution in [0.25, 0.3) is 0 Å². The zero-order valence-electron chi connectivity index (χ0n) is 10.8. The average molecular weight is 247 g/mol. The fourth-order valence-electron chi connectivity index (χ4n) is 3.01. The summed E-state index contributed by atoms with van der Waals surface area (Å²) in [5.74, 6) is 0. The number of nitrogens with zero attached hydrogens (tertiary/aromatic N) is 2. The Morgan fingerprint density at radius 3 is 3.28 bits per heavy atom. The van der Waals surface area contributed by atoms with Gasteiger partial charge in [-0.05, 0) is 31.0 Å². The van der Waals surface area contributed by atoms with Gasteiger partial charge in [0.15, 0.2) is 0 Å². The van der Waals surface area contributed by atoms with Gasteiger partial charge in [0, 0.05) is 38.6 Å². The first kappa shape index (κ1) is 12.1. The quantitative estimate of drug-likeness (QED) is 0.847. The average Bonchev–Trinajstić information content (AvgIpc) is 2.41. The van der Waals surface area contributed by atoms with Crippen molar-refractivity contribution in [2.75, 3.05) is 32.8 Å². The fraction of sp³-hybridized carbons (Fsp3) is 0.643. The van der Waals surface area contributed by atoms with Gasteiger partial charge in [0.25, 0.3) is 0 Å². The van der Waals surface area contributed by atoms with Crippen molar-refractivity contribution in [3.8, 4) is 0 Å². The number of aromatic nitrogens is 1. The molecule has 0 saturated carbocycles. The zero-order valence-corrected chi connectivity index (χ0v) is 10.8. The molecule has 98 valence electrons. The lowest BCUT2D eigenvalue weighted by atomic mass is 9.92. The van der Waals surface area contributed by atoms with Crippen molar-refractivity contribution >= 4 is 0 Å². The fourth-order valence-corrected chi connectivity index (χ4v) is 3.01. The van der Waals surface area contributed by atoms with Gasteiger partial charge < -0.3 is 10.1 Å². The lowest BCUT2D eigenvalue weighted by molar-refractivity contribution is -0.121. The first-order chi connectivity index (χ1) is 8.86.